The summed E-state index contributed by atoms with van der Waals surface area (Å²) < 4.78 is 5.92. The highest BCUT2D eigenvalue weighted by atomic mass is 16.5. The fourth-order valence-corrected chi connectivity index (χ4v) is 2.77. The van der Waals surface area contributed by atoms with Gasteiger partial charge in [-0.2, -0.15) is 0 Å². The summed E-state index contributed by atoms with van der Waals surface area (Å²) in [6.07, 6.45) is 11.5. The van der Waals surface area contributed by atoms with Gasteiger partial charge in [-0.1, -0.05) is 38.3 Å². The van der Waals surface area contributed by atoms with E-state index in [1.54, 1.807) is 0 Å². The summed E-state index contributed by atoms with van der Waals surface area (Å²) in [5.74, 6) is 0.698. The maximum Gasteiger partial charge on any atom is 0.0897 e. The van der Waals surface area contributed by atoms with Gasteiger partial charge >= 0.3 is 0 Å². The molecule has 0 bridgehead atoms. The Kier molecular flexibility index (Phi) is 9.14. The Hall–Kier alpha value is -0.380. The van der Waals surface area contributed by atoms with E-state index in [0.29, 0.717) is 25.2 Å². The van der Waals surface area contributed by atoms with Crippen LogP contribution in [0.3, 0.4) is 0 Å². The summed E-state index contributed by atoms with van der Waals surface area (Å²) in [6.45, 7) is 6.28. The summed E-state index contributed by atoms with van der Waals surface area (Å²) in [4.78, 5) is 0. The summed E-state index contributed by atoms with van der Waals surface area (Å²) in [5, 5.41) is 13.1. The Morgan fingerprint density at radius 2 is 2.16 bits per heavy atom. The maximum absolute atomic E-state index is 9.89. The first-order chi connectivity index (χ1) is 9.27. The molecular weight excluding hydrogens is 238 g/mol. The van der Waals surface area contributed by atoms with Crippen LogP contribution in [0.1, 0.15) is 52.4 Å². The molecule has 0 aromatic heterocycles. The fraction of sp³-hybridized carbons (Fsp3) is 0.875. The predicted molar refractivity (Wildman–Crippen MR) is 80.3 cm³/mol. The van der Waals surface area contributed by atoms with Crippen molar-refractivity contribution in [3.8, 4) is 0 Å². The molecule has 1 fully saturated rings. The normalized spacial score (nSPS) is 25.8. The van der Waals surface area contributed by atoms with Gasteiger partial charge in [0.15, 0.2) is 0 Å². The first-order valence-corrected chi connectivity index (χ1v) is 7.89. The van der Waals surface area contributed by atoms with Gasteiger partial charge in [-0.05, 0) is 38.6 Å². The molecule has 3 heteroatoms. The van der Waals surface area contributed by atoms with Crippen molar-refractivity contribution in [2.75, 3.05) is 19.7 Å². The van der Waals surface area contributed by atoms with Gasteiger partial charge in [-0.25, -0.2) is 0 Å². The van der Waals surface area contributed by atoms with Gasteiger partial charge in [0.25, 0.3) is 0 Å². The van der Waals surface area contributed by atoms with Gasteiger partial charge in [-0.3, -0.25) is 0 Å². The number of aliphatic hydroxyl groups excluding tert-OH is 1. The van der Waals surface area contributed by atoms with Crippen molar-refractivity contribution in [3.05, 3.63) is 12.2 Å². The Balaban J connectivity index is 2.09. The maximum atomic E-state index is 9.89. The smallest absolute Gasteiger partial charge is 0.0897 e. The van der Waals surface area contributed by atoms with E-state index in [1.807, 2.05) is 6.92 Å². The van der Waals surface area contributed by atoms with Crippen LogP contribution in [-0.4, -0.2) is 37.0 Å². The fourth-order valence-electron chi connectivity index (χ4n) is 2.77. The number of allylic oxidation sites excluding steroid dienone is 1. The van der Waals surface area contributed by atoms with Crippen molar-refractivity contribution in [2.45, 2.75) is 64.6 Å². The molecule has 1 rings (SSSR count). The third kappa shape index (κ3) is 7.09. The largest absolute Gasteiger partial charge is 0.389 e. The van der Waals surface area contributed by atoms with E-state index >= 15 is 0 Å². The van der Waals surface area contributed by atoms with Gasteiger partial charge in [0.2, 0.25) is 0 Å². The van der Waals surface area contributed by atoms with E-state index < -0.39 is 0 Å². The van der Waals surface area contributed by atoms with Gasteiger partial charge in [0.1, 0.15) is 0 Å². The van der Waals surface area contributed by atoms with Gasteiger partial charge in [-0.15, -0.1) is 0 Å². The molecule has 19 heavy (non-hydrogen) atoms. The van der Waals surface area contributed by atoms with Crippen LogP contribution in [-0.2, 0) is 4.74 Å². The lowest BCUT2D eigenvalue weighted by atomic mass is 9.85. The van der Waals surface area contributed by atoms with Crippen LogP contribution in [0, 0.1) is 5.92 Å². The molecule has 0 amide bonds. The zero-order valence-corrected chi connectivity index (χ0v) is 12.6. The van der Waals surface area contributed by atoms with Crippen molar-refractivity contribution in [3.63, 3.8) is 0 Å². The lowest BCUT2D eigenvalue weighted by molar-refractivity contribution is -0.0498. The monoisotopic (exact) mass is 269 g/mol. The molecule has 0 heterocycles. The Morgan fingerprint density at radius 3 is 2.89 bits per heavy atom. The summed E-state index contributed by atoms with van der Waals surface area (Å²) in [5.41, 5.74) is 0. The molecule has 0 aliphatic heterocycles. The lowest BCUT2D eigenvalue weighted by Gasteiger charge is -2.31. The summed E-state index contributed by atoms with van der Waals surface area (Å²) in [7, 11) is 0. The average Bonchev–Trinajstić information content (AvgIpc) is 2.45. The third-order valence-electron chi connectivity index (χ3n) is 3.97. The van der Waals surface area contributed by atoms with Crippen molar-refractivity contribution < 1.29 is 9.84 Å². The first kappa shape index (κ1) is 16.7. The number of aliphatic hydroxyl groups is 1. The topological polar surface area (TPSA) is 41.5 Å². The van der Waals surface area contributed by atoms with E-state index in [2.05, 4.69) is 24.4 Å². The van der Waals surface area contributed by atoms with Crippen molar-refractivity contribution in [2.24, 2.45) is 5.92 Å². The minimum Gasteiger partial charge on any atom is -0.389 e. The molecule has 0 aromatic carbocycles. The third-order valence-corrected chi connectivity index (χ3v) is 3.97. The van der Waals surface area contributed by atoms with E-state index in [-0.39, 0.29) is 6.10 Å². The molecule has 112 valence electrons. The zero-order chi connectivity index (χ0) is 13.9. The molecule has 3 nitrogen and oxygen atoms in total. The number of rotatable bonds is 9. The van der Waals surface area contributed by atoms with Crippen LogP contribution < -0.4 is 5.32 Å². The average molecular weight is 269 g/mol. The number of ether oxygens (including phenoxy) is 1. The molecule has 1 saturated carbocycles. The van der Waals surface area contributed by atoms with E-state index in [1.165, 1.54) is 32.1 Å². The van der Waals surface area contributed by atoms with Gasteiger partial charge in [0, 0.05) is 6.54 Å². The Morgan fingerprint density at radius 1 is 1.37 bits per heavy atom. The molecule has 3 atom stereocenters. The minimum atomic E-state index is -0.384. The second kappa shape index (κ2) is 10.4. The van der Waals surface area contributed by atoms with Crippen LogP contribution in [0.2, 0.25) is 0 Å². The van der Waals surface area contributed by atoms with E-state index in [4.69, 9.17) is 4.74 Å². The van der Waals surface area contributed by atoms with Crippen LogP contribution in [0.4, 0.5) is 0 Å². The van der Waals surface area contributed by atoms with E-state index in [0.717, 1.165) is 13.0 Å². The van der Waals surface area contributed by atoms with Crippen LogP contribution in [0.15, 0.2) is 12.2 Å². The SMILES string of the molecule is C/C=C/CCNCC(O)COC1CCCCC1CC. The number of nitrogens with one attached hydrogen (secondary N) is 1. The molecule has 0 spiro atoms. The second-order valence-electron chi connectivity index (χ2n) is 5.54. The highest BCUT2D eigenvalue weighted by Gasteiger charge is 2.24. The molecule has 0 saturated heterocycles. The lowest BCUT2D eigenvalue weighted by Crippen LogP contribution is -2.35. The highest BCUT2D eigenvalue weighted by Crippen LogP contribution is 2.29. The quantitative estimate of drug-likeness (QED) is 0.499. The molecule has 2 N–H and O–H groups in total. The standard InChI is InChI=1S/C16H31NO2/c1-3-5-8-11-17-12-15(18)13-19-16-10-7-6-9-14(16)4-2/h3,5,14-18H,4,6-13H2,1-2H3/b5-3+. The molecular formula is C16H31NO2. The van der Waals surface area contributed by atoms with Crippen LogP contribution in [0.25, 0.3) is 0 Å². The summed E-state index contributed by atoms with van der Waals surface area (Å²) in [6, 6.07) is 0. The Bertz CT molecular complexity index is 243. The van der Waals surface area contributed by atoms with Gasteiger partial charge in [0.05, 0.1) is 18.8 Å². The second-order valence-corrected chi connectivity index (χ2v) is 5.54. The highest BCUT2D eigenvalue weighted by molar-refractivity contribution is 4.78. The molecule has 1 aliphatic carbocycles. The predicted octanol–water partition coefficient (Wildman–Crippen LogP) is 2.89. The Labute approximate surface area is 118 Å². The molecule has 0 radical (unpaired) electrons. The van der Waals surface area contributed by atoms with Crippen LogP contribution >= 0.6 is 0 Å². The van der Waals surface area contributed by atoms with Gasteiger partial charge < -0.3 is 15.2 Å². The molecule has 1 aliphatic rings. The molecule has 3 unspecified atom stereocenters. The van der Waals surface area contributed by atoms with E-state index in [9.17, 15) is 5.11 Å². The zero-order valence-electron chi connectivity index (χ0n) is 12.6. The van der Waals surface area contributed by atoms with Crippen molar-refractivity contribution in [1.29, 1.82) is 0 Å². The minimum absolute atomic E-state index is 0.372. The summed E-state index contributed by atoms with van der Waals surface area (Å²) >= 11 is 0. The van der Waals surface area contributed by atoms with Crippen molar-refractivity contribution >= 4 is 0 Å². The molecule has 0 aromatic rings. The van der Waals surface area contributed by atoms with Crippen molar-refractivity contribution in [1.82, 2.24) is 5.32 Å². The first-order valence-electron chi connectivity index (χ1n) is 7.89. The van der Waals surface area contributed by atoms with Crippen LogP contribution in [0.5, 0.6) is 0 Å². The number of hydrogen-bond donors (Lipinski definition) is 2. The number of hydrogen-bond acceptors (Lipinski definition) is 3.